The highest BCUT2D eigenvalue weighted by Gasteiger charge is 2.24. The highest BCUT2D eigenvalue weighted by atomic mass is 32.2. The highest BCUT2D eigenvalue weighted by molar-refractivity contribution is 7.99. The van der Waals surface area contributed by atoms with Crippen LogP contribution < -0.4 is 5.32 Å². The summed E-state index contributed by atoms with van der Waals surface area (Å²) in [6.45, 7) is 4.31. The number of thioether (sulfide) groups is 1. The number of nitrogens with one attached hydrogen (secondary N) is 1. The van der Waals surface area contributed by atoms with Crippen LogP contribution in [0.15, 0.2) is 0 Å². The van der Waals surface area contributed by atoms with E-state index in [1.165, 1.54) is 11.8 Å². The molecule has 2 atom stereocenters. The molecular weight excluding hydrogens is 242 g/mol. The zero-order valence-corrected chi connectivity index (χ0v) is 11.4. The van der Waals surface area contributed by atoms with Crippen molar-refractivity contribution in [3.63, 3.8) is 0 Å². The molecule has 0 saturated carbocycles. The van der Waals surface area contributed by atoms with Gasteiger partial charge in [-0.2, -0.15) is 0 Å². The first-order valence-corrected chi connectivity index (χ1v) is 6.77. The number of methoxy groups -OCH3 is 1. The van der Waals surface area contributed by atoms with Crippen LogP contribution in [0.4, 0.5) is 0 Å². The molecule has 0 aliphatic rings. The zero-order chi connectivity index (χ0) is 13.3. The lowest BCUT2D eigenvalue weighted by Gasteiger charge is -2.19. The van der Waals surface area contributed by atoms with E-state index in [0.717, 1.165) is 5.75 Å². The predicted octanol–water partition coefficient (Wildman–Crippen LogP) is 0.981. The molecule has 0 aromatic heterocycles. The van der Waals surface area contributed by atoms with E-state index in [1.807, 2.05) is 13.8 Å². The van der Waals surface area contributed by atoms with E-state index in [-0.39, 0.29) is 17.6 Å². The molecule has 6 heteroatoms. The third kappa shape index (κ3) is 7.23. The van der Waals surface area contributed by atoms with E-state index < -0.39 is 12.0 Å². The van der Waals surface area contributed by atoms with Crippen LogP contribution in [0.25, 0.3) is 0 Å². The summed E-state index contributed by atoms with van der Waals surface area (Å²) in [4.78, 5) is 22.5. The van der Waals surface area contributed by atoms with Gasteiger partial charge >= 0.3 is 5.97 Å². The second-order valence-electron chi connectivity index (χ2n) is 3.81. The lowest BCUT2D eigenvalue weighted by Crippen LogP contribution is -2.45. The molecule has 0 heterocycles. The Morgan fingerprint density at radius 3 is 2.59 bits per heavy atom. The number of hydrogen-bond donors (Lipinski definition) is 2. The van der Waals surface area contributed by atoms with Crippen LogP contribution in [-0.4, -0.2) is 48.2 Å². The summed E-state index contributed by atoms with van der Waals surface area (Å²) in [6.07, 6.45) is 0.716. The quantitative estimate of drug-likeness (QED) is 0.607. The van der Waals surface area contributed by atoms with Gasteiger partial charge < -0.3 is 15.2 Å². The Bertz CT molecular complexity index is 248. The van der Waals surface area contributed by atoms with Crippen molar-refractivity contribution in [2.75, 3.05) is 25.2 Å². The molecule has 2 unspecified atom stereocenters. The Morgan fingerprint density at radius 2 is 2.12 bits per heavy atom. The van der Waals surface area contributed by atoms with E-state index in [2.05, 4.69) is 5.32 Å². The Labute approximate surface area is 106 Å². The van der Waals surface area contributed by atoms with Crippen molar-refractivity contribution < 1.29 is 19.4 Å². The number of aliphatic carboxylic acids is 1. The molecular formula is C11H21NO4S. The second kappa shape index (κ2) is 9.30. The van der Waals surface area contributed by atoms with Crippen LogP contribution >= 0.6 is 11.8 Å². The van der Waals surface area contributed by atoms with Crippen molar-refractivity contribution in [1.29, 1.82) is 0 Å². The smallest absolute Gasteiger partial charge is 0.326 e. The summed E-state index contributed by atoms with van der Waals surface area (Å²) in [5.41, 5.74) is 0. The van der Waals surface area contributed by atoms with E-state index in [9.17, 15) is 9.59 Å². The van der Waals surface area contributed by atoms with Crippen LogP contribution in [0.2, 0.25) is 0 Å². The SMILES string of the molecule is CCC(C)C(NC(=O)CSCCOC)C(=O)O. The monoisotopic (exact) mass is 263 g/mol. The van der Waals surface area contributed by atoms with Crippen molar-refractivity contribution >= 4 is 23.6 Å². The molecule has 0 aliphatic carbocycles. The Hall–Kier alpha value is -0.750. The van der Waals surface area contributed by atoms with Gasteiger partial charge in [-0.15, -0.1) is 11.8 Å². The molecule has 0 spiro atoms. The average Bonchev–Trinajstić information content (AvgIpc) is 2.30. The normalized spacial score (nSPS) is 14.1. The first-order chi connectivity index (χ1) is 8.02. The standard InChI is InChI=1S/C11H21NO4S/c1-4-8(2)10(11(14)15)12-9(13)7-17-6-5-16-3/h8,10H,4-7H2,1-3H3,(H,12,13)(H,14,15). The molecule has 0 aromatic carbocycles. The number of carboxylic acid groups (broad SMARTS) is 1. The molecule has 0 aromatic rings. The van der Waals surface area contributed by atoms with Gasteiger partial charge in [0.1, 0.15) is 6.04 Å². The van der Waals surface area contributed by atoms with Crippen molar-refractivity contribution in [3.8, 4) is 0 Å². The molecule has 5 nitrogen and oxygen atoms in total. The Kier molecular flexibility index (Phi) is 8.89. The maximum absolute atomic E-state index is 11.5. The minimum Gasteiger partial charge on any atom is -0.480 e. The molecule has 100 valence electrons. The zero-order valence-electron chi connectivity index (χ0n) is 10.6. The van der Waals surface area contributed by atoms with E-state index in [1.54, 1.807) is 7.11 Å². The molecule has 0 aliphatic heterocycles. The Balaban J connectivity index is 4.00. The summed E-state index contributed by atoms with van der Waals surface area (Å²) in [7, 11) is 1.60. The maximum atomic E-state index is 11.5. The molecule has 0 fully saturated rings. The topological polar surface area (TPSA) is 75.6 Å². The maximum Gasteiger partial charge on any atom is 0.326 e. The van der Waals surface area contributed by atoms with E-state index >= 15 is 0 Å². The third-order valence-corrected chi connectivity index (χ3v) is 3.38. The van der Waals surface area contributed by atoms with Gasteiger partial charge in [-0.25, -0.2) is 4.79 Å². The van der Waals surface area contributed by atoms with Gasteiger partial charge in [0.15, 0.2) is 0 Å². The first-order valence-electron chi connectivity index (χ1n) is 5.61. The van der Waals surface area contributed by atoms with Gasteiger partial charge in [0.25, 0.3) is 0 Å². The van der Waals surface area contributed by atoms with Gasteiger partial charge in [-0.05, 0) is 5.92 Å². The van der Waals surface area contributed by atoms with Crippen molar-refractivity contribution in [3.05, 3.63) is 0 Å². The molecule has 0 saturated heterocycles. The van der Waals surface area contributed by atoms with Crippen molar-refractivity contribution in [2.24, 2.45) is 5.92 Å². The number of ether oxygens (including phenoxy) is 1. The van der Waals surface area contributed by atoms with Crippen LogP contribution in [0, 0.1) is 5.92 Å². The van der Waals surface area contributed by atoms with Crippen LogP contribution in [0.3, 0.4) is 0 Å². The lowest BCUT2D eigenvalue weighted by atomic mass is 9.99. The predicted molar refractivity (Wildman–Crippen MR) is 68.2 cm³/mol. The molecule has 17 heavy (non-hydrogen) atoms. The fraction of sp³-hybridized carbons (Fsp3) is 0.818. The second-order valence-corrected chi connectivity index (χ2v) is 4.92. The molecule has 0 rings (SSSR count). The van der Waals surface area contributed by atoms with Gasteiger partial charge in [-0.1, -0.05) is 20.3 Å². The summed E-state index contributed by atoms with van der Waals surface area (Å²) in [6, 6.07) is -0.796. The largest absolute Gasteiger partial charge is 0.480 e. The number of hydrogen-bond acceptors (Lipinski definition) is 4. The van der Waals surface area contributed by atoms with Gasteiger partial charge in [0, 0.05) is 12.9 Å². The van der Waals surface area contributed by atoms with Gasteiger partial charge in [0.2, 0.25) is 5.91 Å². The minimum atomic E-state index is -0.977. The van der Waals surface area contributed by atoms with Crippen molar-refractivity contribution in [1.82, 2.24) is 5.32 Å². The van der Waals surface area contributed by atoms with Crippen LogP contribution in [0.5, 0.6) is 0 Å². The summed E-state index contributed by atoms with van der Waals surface area (Å²) < 4.78 is 4.85. The molecule has 2 N–H and O–H groups in total. The summed E-state index contributed by atoms with van der Waals surface area (Å²) >= 11 is 1.43. The summed E-state index contributed by atoms with van der Waals surface area (Å²) in [5, 5.41) is 11.5. The fourth-order valence-corrected chi connectivity index (χ4v) is 1.90. The number of carbonyl (C=O) groups is 2. The molecule has 1 amide bonds. The number of rotatable bonds is 9. The molecule has 0 bridgehead atoms. The lowest BCUT2D eigenvalue weighted by molar-refractivity contribution is -0.143. The number of carboxylic acids is 1. The van der Waals surface area contributed by atoms with E-state index in [0.29, 0.717) is 13.0 Å². The van der Waals surface area contributed by atoms with Crippen molar-refractivity contribution in [2.45, 2.75) is 26.3 Å². The third-order valence-electron chi connectivity index (χ3n) is 2.46. The van der Waals surface area contributed by atoms with Crippen LogP contribution in [-0.2, 0) is 14.3 Å². The van der Waals surface area contributed by atoms with Gasteiger partial charge in [-0.3, -0.25) is 4.79 Å². The summed E-state index contributed by atoms with van der Waals surface area (Å²) in [5.74, 6) is -0.289. The minimum absolute atomic E-state index is 0.0691. The van der Waals surface area contributed by atoms with E-state index in [4.69, 9.17) is 9.84 Å². The Morgan fingerprint density at radius 1 is 1.47 bits per heavy atom. The highest BCUT2D eigenvalue weighted by Crippen LogP contribution is 2.08. The fourth-order valence-electron chi connectivity index (χ4n) is 1.21. The van der Waals surface area contributed by atoms with Crippen LogP contribution in [0.1, 0.15) is 20.3 Å². The van der Waals surface area contributed by atoms with Gasteiger partial charge in [0.05, 0.1) is 12.4 Å². The number of carbonyl (C=O) groups excluding carboxylic acids is 1. The first kappa shape index (κ1) is 16.2. The average molecular weight is 263 g/mol. The molecule has 0 radical (unpaired) electrons. The number of amides is 1.